The van der Waals surface area contributed by atoms with Gasteiger partial charge in [0.15, 0.2) is 6.61 Å². The highest BCUT2D eigenvalue weighted by Gasteiger charge is 2.08. The third-order valence-electron chi connectivity index (χ3n) is 2.74. The lowest BCUT2D eigenvalue weighted by atomic mass is 10.1. The van der Waals surface area contributed by atoms with Gasteiger partial charge in [0.05, 0.1) is 0 Å². The first kappa shape index (κ1) is 14.3. The van der Waals surface area contributed by atoms with E-state index in [1.54, 1.807) is 0 Å². The lowest BCUT2D eigenvalue weighted by Crippen LogP contribution is -2.28. The van der Waals surface area contributed by atoms with Crippen LogP contribution in [0.4, 0.5) is 0 Å². The molecule has 3 nitrogen and oxygen atoms in total. The minimum absolute atomic E-state index is 0.0868. The topological polar surface area (TPSA) is 45.0 Å². The highest BCUT2D eigenvalue weighted by Crippen LogP contribution is 2.18. The van der Waals surface area contributed by atoms with Crippen LogP contribution in [0.15, 0.2) is 36.9 Å². The molecule has 0 aliphatic rings. The van der Waals surface area contributed by atoms with Gasteiger partial charge >= 0.3 is 0 Å². The molecule has 0 aliphatic heterocycles. The van der Waals surface area contributed by atoms with Crippen molar-refractivity contribution in [1.82, 2.24) is 5.32 Å². The molecular formula is C15H20N2O. The number of nitriles is 1. The Morgan fingerprint density at radius 2 is 2.06 bits per heavy atom. The van der Waals surface area contributed by atoms with Crippen molar-refractivity contribution in [3.63, 3.8) is 0 Å². The molecule has 0 bridgehead atoms. The summed E-state index contributed by atoms with van der Waals surface area (Å²) >= 11 is 0. The van der Waals surface area contributed by atoms with Crippen LogP contribution in [0.25, 0.3) is 0 Å². The predicted molar refractivity (Wildman–Crippen MR) is 73.4 cm³/mol. The summed E-state index contributed by atoms with van der Waals surface area (Å²) in [5.74, 6) is 0.728. The quantitative estimate of drug-likeness (QED) is 0.749. The maximum Gasteiger partial charge on any atom is 0.174 e. The summed E-state index contributed by atoms with van der Waals surface area (Å²) in [6.07, 6.45) is 2.87. The second kappa shape index (κ2) is 7.52. The summed E-state index contributed by atoms with van der Waals surface area (Å²) in [6, 6.07) is 10.5. The van der Waals surface area contributed by atoms with Crippen LogP contribution < -0.4 is 10.1 Å². The Morgan fingerprint density at radius 1 is 1.39 bits per heavy atom. The molecule has 0 saturated heterocycles. The molecular weight excluding hydrogens is 224 g/mol. The van der Waals surface area contributed by atoms with E-state index in [-0.39, 0.29) is 12.6 Å². The number of hydrogen-bond donors (Lipinski definition) is 1. The average molecular weight is 244 g/mol. The molecule has 96 valence electrons. The van der Waals surface area contributed by atoms with E-state index in [9.17, 15) is 0 Å². The fourth-order valence-electron chi connectivity index (χ4n) is 1.81. The number of nitrogens with zero attached hydrogens (tertiary/aromatic N) is 1. The van der Waals surface area contributed by atoms with Crippen molar-refractivity contribution in [3.8, 4) is 11.8 Å². The van der Waals surface area contributed by atoms with Gasteiger partial charge in [-0.15, -0.1) is 6.58 Å². The van der Waals surface area contributed by atoms with E-state index in [1.807, 2.05) is 36.4 Å². The smallest absolute Gasteiger partial charge is 0.174 e. The SMILES string of the molecule is C=CCC(C)NC(C)c1ccc(OCC#N)cc1. The van der Waals surface area contributed by atoms with Gasteiger partial charge in [-0.25, -0.2) is 0 Å². The lowest BCUT2D eigenvalue weighted by Gasteiger charge is -2.19. The van der Waals surface area contributed by atoms with Crippen molar-refractivity contribution in [1.29, 1.82) is 5.26 Å². The fraction of sp³-hybridized carbons (Fsp3) is 0.400. The molecule has 18 heavy (non-hydrogen) atoms. The zero-order valence-electron chi connectivity index (χ0n) is 11.0. The fourth-order valence-corrected chi connectivity index (χ4v) is 1.81. The maximum absolute atomic E-state index is 8.43. The van der Waals surface area contributed by atoms with Gasteiger partial charge in [-0.05, 0) is 38.0 Å². The van der Waals surface area contributed by atoms with Crippen LogP contribution in [-0.2, 0) is 0 Å². The van der Waals surface area contributed by atoms with E-state index in [4.69, 9.17) is 10.00 Å². The Balaban J connectivity index is 2.56. The van der Waals surface area contributed by atoms with Crippen molar-refractivity contribution in [2.75, 3.05) is 6.61 Å². The van der Waals surface area contributed by atoms with Crippen molar-refractivity contribution in [2.24, 2.45) is 0 Å². The van der Waals surface area contributed by atoms with Crippen LogP contribution in [0.3, 0.4) is 0 Å². The maximum atomic E-state index is 8.43. The second-order valence-electron chi connectivity index (χ2n) is 4.33. The molecule has 1 rings (SSSR count). The molecule has 1 N–H and O–H groups in total. The molecule has 0 heterocycles. The number of hydrogen-bond acceptors (Lipinski definition) is 3. The third kappa shape index (κ3) is 4.60. The lowest BCUT2D eigenvalue weighted by molar-refractivity contribution is 0.368. The third-order valence-corrected chi connectivity index (χ3v) is 2.74. The van der Waals surface area contributed by atoms with E-state index in [2.05, 4.69) is 25.7 Å². The van der Waals surface area contributed by atoms with Crippen LogP contribution in [0, 0.1) is 11.3 Å². The van der Waals surface area contributed by atoms with Gasteiger partial charge < -0.3 is 10.1 Å². The molecule has 3 heteroatoms. The average Bonchev–Trinajstić information content (AvgIpc) is 2.37. The predicted octanol–water partition coefficient (Wildman–Crippen LogP) is 3.20. The minimum Gasteiger partial charge on any atom is -0.479 e. The summed E-state index contributed by atoms with van der Waals surface area (Å²) in [5, 5.41) is 11.9. The standard InChI is InChI=1S/C15H20N2O/c1-4-5-12(2)17-13(3)14-6-8-15(9-7-14)18-11-10-16/h4,6-9,12-13,17H,1,5,11H2,2-3H3. The molecule has 2 atom stereocenters. The summed E-state index contributed by atoms with van der Waals surface area (Å²) in [4.78, 5) is 0. The second-order valence-corrected chi connectivity index (χ2v) is 4.33. The molecule has 0 spiro atoms. The number of rotatable bonds is 7. The molecule has 0 radical (unpaired) electrons. The highest BCUT2D eigenvalue weighted by molar-refractivity contribution is 5.29. The molecule has 0 fully saturated rings. The van der Waals surface area contributed by atoms with Gasteiger partial charge in [0, 0.05) is 12.1 Å². The normalized spacial score (nSPS) is 13.4. The summed E-state index contributed by atoms with van der Waals surface area (Å²) in [6.45, 7) is 8.10. The van der Waals surface area contributed by atoms with E-state index < -0.39 is 0 Å². The van der Waals surface area contributed by atoms with Gasteiger partial charge in [-0.3, -0.25) is 0 Å². The van der Waals surface area contributed by atoms with Crippen molar-refractivity contribution in [2.45, 2.75) is 32.4 Å². The van der Waals surface area contributed by atoms with Gasteiger partial charge in [-0.2, -0.15) is 5.26 Å². The Morgan fingerprint density at radius 3 is 2.61 bits per heavy atom. The first-order valence-electron chi connectivity index (χ1n) is 6.14. The zero-order valence-corrected chi connectivity index (χ0v) is 11.0. The van der Waals surface area contributed by atoms with Gasteiger partial charge in [0.1, 0.15) is 11.8 Å². The molecule has 0 saturated carbocycles. The largest absolute Gasteiger partial charge is 0.479 e. The van der Waals surface area contributed by atoms with Gasteiger partial charge in [0.2, 0.25) is 0 Å². The zero-order chi connectivity index (χ0) is 13.4. The highest BCUT2D eigenvalue weighted by atomic mass is 16.5. The van der Waals surface area contributed by atoms with Gasteiger partial charge in [-0.1, -0.05) is 18.2 Å². The number of nitrogens with one attached hydrogen (secondary N) is 1. The van der Waals surface area contributed by atoms with Crippen LogP contribution in [0.5, 0.6) is 5.75 Å². The molecule has 0 aromatic heterocycles. The van der Waals surface area contributed by atoms with Crippen molar-refractivity contribution >= 4 is 0 Å². The first-order valence-corrected chi connectivity index (χ1v) is 6.14. The van der Waals surface area contributed by atoms with Crippen LogP contribution >= 0.6 is 0 Å². The first-order chi connectivity index (χ1) is 8.67. The van der Waals surface area contributed by atoms with E-state index in [0.717, 1.165) is 12.2 Å². The van der Waals surface area contributed by atoms with Crippen molar-refractivity contribution in [3.05, 3.63) is 42.5 Å². The number of ether oxygens (including phenoxy) is 1. The van der Waals surface area contributed by atoms with E-state index in [1.165, 1.54) is 5.56 Å². The Labute approximate surface area is 109 Å². The summed E-state index contributed by atoms with van der Waals surface area (Å²) in [5.41, 5.74) is 1.20. The van der Waals surface area contributed by atoms with Crippen LogP contribution in [-0.4, -0.2) is 12.6 Å². The molecule has 1 aromatic rings. The van der Waals surface area contributed by atoms with Crippen LogP contribution in [0.1, 0.15) is 31.9 Å². The molecule has 0 amide bonds. The molecule has 1 aromatic carbocycles. The van der Waals surface area contributed by atoms with E-state index >= 15 is 0 Å². The molecule has 0 aliphatic carbocycles. The Hall–Kier alpha value is -1.79. The summed E-state index contributed by atoms with van der Waals surface area (Å²) in [7, 11) is 0. The molecule has 2 unspecified atom stereocenters. The Bertz CT molecular complexity index is 405. The van der Waals surface area contributed by atoms with E-state index in [0.29, 0.717) is 6.04 Å². The minimum atomic E-state index is 0.0868. The monoisotopic (exact) mass is 244 g/mol. The van der Waals surface area contributed by atoms with Crippen LogP contribution in [0.2, 0.25) is 0 Å². The summed E-state index contributed by atoms with van der Waals surface area (Å²) < 4.78 is 5.21. The van der Waals surface area contributed by atoms with Gasteiger partial charge in [0.25, 0.3) is 0 Å². The number of benzene rings is 1. The Kier molecular flexibility index (Phi) is 5.96. The van der Waals surface area contributed by atoms with Crippen molar-refractivity contribution < 1.29 is 4.74 Å².